The highest BCUT2D eigenvalue weighted by Gasteiger charge is 2.12. The van der Waals surface area contributed by atoms with Crippen LogP contribution < -0.4 is 10.5 Å². The molecule has 17 heavy (non-hydrogen) atoms. The first-order chi connectivity index (χ1) is 8.22. The molecule has 0 aliphatic carbocycles. The van der Waals surface area contributed by atoms with Crippen LogP contribution in [0.3, 0.4) is 0 Å². The average molecular weight is 228 g/mol. The van der Waals surface area contributed by atoms with Gasteiger partial charge in [0, 0.05) is 5.56 Å². The Balaban J connectivity index is 2.58. The fourth-order valence-corrected chi connectivity index (χ4v) is 1.57. The summed E-state index contributed by atoms with van der Waals surface area (Å²) in [6.45, 7) is 0. The molecule has 0 unspecified atom stereocenters. The summed E-state index contributed by atoms with van der Waals surface area (Å²) >= 11 is 0. The van der Waals surface area contributed by atoms with Gasteiger partial charge in [-0.2, -0.15) is 0 Å². The van der Waals surface area contributed by atoms with Crippen molar-refractivity contribution in [1.29, 1.82) is 0 Å². The normalized spacial score (nSPS) is 9.94. The van der Waals surface area contributed by atoms with E-state index < -0.39 is 5.91 Å². The molecule has 2 N–H and O–H groups in total. The van der Waals surface area contributed by atoms with Crippen molar-refractivity contribution in [2.75, 3.05) is 7.11 Å². The molecule has 0 saturated carbocycles. The Morgan fingerprint density at radius 3 is 2.59 bits per heavy atom. The predicted octanol–water partition coefficient (Wildman–Crippen LogP) is 1.86. The summed E-state index contributed by atoms with van der Waals surface area (Å²) < 4.78 is 5.03. The molecule has 0 fully saturated rings. The van der Waals surface area contributed by atoms with E-state index in [0.717, 1.165) is 5.56 Å². The van der Waals surface area contributed by atoms with Gasteiger partial charge in [-0.1, -0.05) is 30.3 Å². The maximum absolute atomic E-state index is 11.4. The van der Waals surface area contributed by atoms with Gasteiger partial charge in [0.15, 0.2) is 0 Å². The number of carbonyl (C=O) groups is 1. The number of rotatable bonds is 3. The Morgan fingerprint density at radius 2 is 2.00 bits per heavy atom. The van der Waals surface area contributed by atoms with Crippen LogP contribution in [0.25, 0.3) is 11.3 Å². The molecule has 4 heteroatoms. The van der Waals surface area contributed by atoms with E-state index in [9.17, 15) is 4.79 Å². The van der Waals surface area contributed by atoms with Gasteiger partial charge in [-0.25, -0.2) is 0 Å². The fraction of sp³-hybridized carbons (Fsp3) is 0.0769. The maximum Gasteiger partial charge on any atom is 0.251 e. The molecule has 0 radical (unpaired) electrons. The molecule has 2 aromatic rings. The highest BCUT2D eigenvalue weighted by molar-refractivity contribution is 5.99. The number of hydrogen-bond donors (Lipinski definition) is 1. The van der Waals surface area contributed by atoms with E-state index in [1.165, 1.54) is 7.11 Å². The number of hydrogen-bond acceptors (Lipinski definition) is 3. The van der Waals surface area contributed by atoms with Gasteiger partial charge in [-0.15, -0.1) is 0 Å². The fourth-order valence-electron chi connectivity index (χ4n) is 1.57. The second kappa shape index (κ2) is 4.65. The summed E-state index contributed by atoms with van der Waals surface area (Å²) in [5.41, 5.74) is 7.12. The van der Waals surface area contributed by atoms with Crippen molar-refractivity contribution in [2.24, 2.45) is 5.73 Å². The largest absolute Gasteiger partial charge is 0.495 e. The third-order valence-corrected chi connectivity index (χ3v) is 2.41. The first-order valence-electron chi connectivity index (χ1n) is 5.11. The summed E-state index contributed by atoms with van der Waals surface area (Å²) in [6.07, 6.45) is 1.56. The topological polar surface area (TPSA) is 65.2 Å². The lowest BCUT2D eigenvalue weighted by atomic mass is 10.1. The first-order valence-corrected chi connectivity index (χ1v) is 5.11. The van der Waals surface area contributed by atoms with Gasteiger partial charge in [-0.3, -0.25) is 9.78 Å². The van der Waals surface area contributed by atoms with E-state index >= 15 is 0 Å². The third-order valence-electron chi connectivity index (χ3n) is 2.41. The quantitative estimate of drug-likeness (QED) is 0.871. The van der Waals surface area contributed by atoms with E-state index in [1.807, 2.05) is 30.3 Å². The van der Waals surface area contributed by atoms with Crippen molar-refractivity contribution >= 4 is 5.91 Å². The van der Waals surface area contributed by atoms with E-state index in [2.05, 4.69) is 4.98 Å². The van der Waals surface area contributed by atoms with Gasteiger partial charge >= 0.3 is 0 Å². The summed E-state index contributed by atoms with van der Waals surface area (Å²) in [5, 5.41) is 0. The van der Waals surface area contributed by atoms with Crippen molar-refractivity contribution < 1.29 is 9.53 Å². The number of nitrogens with two attached hydrogens (primary N) is 1. The second-order valence-corrected chi connectivity index (χ2v) is 3.50. The molecule has 0 atom stereocenters. The second-order valence-electron chi connectivity index (χ2n) is 3.50. The van der Waals surface area contributed by atoms with Gasteiger partial charge in [0.25, 0.3) is 5.91 Å². The SMILES string of the molecule is COc1cnc(-c2ccccc2)c(C(N)=O)c1. The zero-order valence-corrected chi connectivity index (χ0v) is 9.38. The van der Waals surface area contributed by atoms with Gasteiger partial charge in [0.05, 0.1) is 24.6 Å². The van der Waals surface area contributed by atoms with Gasteiger partial charge in [0.1, 0.15) is 5.75 Å². The van der Waals surface area contributed by atoms with Gasteiger partial charge in [0.2, 0.25) is 0 Å². The standard InChI is InChI=1S/C13H12N2O2/c1-17-10-7-11(13(14)16)12(15-8-10)9-5-3-2-4-6-9/h2-8H,1H3,(H2,14,16). The molecule has 0 spiro atoms. The highest BCUT2D eigenvalue weighted by Crippen LogP contribution is 2.24. The molecule has 1 amide bonds. The number of amides is 1. The summed E-state index contributed by atoms with van der Waals surface area (Å²) in [4.78, 5) is 15.6. The number of nitrogens with zero attached hydrogens (tertiary/aromatic N) is 1. The highest BCUT2D eigenvalue weighted by atomic mass is 16.5. The predicted molar refractivity (Wildman–Crippen MR) is 64.7 cm³/mol. The lowest BCUT2D eigenvalue weighted by molar-refractivity contribution is 0.100. The zero-order valence-electron chi connectivity index (χ0n) is 9.38. The Morgan fingerprint density at radius 1 is 1.29 bits per heavy atom. The van der Waals surface area contributed by atoms with Crippen molar-refractivity contribution in [3.8, 4) is 17.0 Å². The zero-order chi connectivity index (χ0) is 12.3. The minimum atomic E-state index is -0.518. The molecule has 1 aromatic heterocycles. The van der Waals surface area contributed by atoms with Crippen LogP contribution in [0, 0.1) is 0 Å². The number of benzene rings is 1. The maximum atomic E-state index is 11.4. The number of aromatic nitrogens is 1. The minimum Gasteiger partial charge on any atom is -0.495 e. The third kappa shape index (κ3) is 2.25. The number of carbonyl (C=O) groups excluding carboxylic acids is 1. The molecule has 0 aliphatic heterocycles. The molecule has 1 heterocycles. The van der Waals surface area contributed by atoms with Crippen LogP contribution in [0.2, 0.25) is 0 Å². The van der Waals surface area contributed by atoms with Crippen molar-refractivity contribution in [3.63, 3.8) is 0 Å². The van der Waals surface area contributed by atoms with E-state index in [4.69, 9.17) is 10.5 Å². The smallest absolute Gasteiger partial charge is 0.251 e. The molecular formula is C13H12N2O2. The lowest BCUT2D eigenvalue weighted by Gasteiger charge is -2.07. The summed E-state index contributed by atoms with van der Waals surface area (Å²) in [5.74, 6) is -0.00580. The Labute approximate surface area is 99.1 Å². The van der Waals surface area contributed by atoms with Crippen LogP contribution in [0.4, 0.5) is 0 Å². The minimum absolute atomic E-state index is 0.357. The number of ether oxygens (including phenoxy) is 1. The Hall–Kier alpha value is -2.36. The average Bonchev–Trinajstić information content (AvgIpc) is 2.39. The molecule has 0 aliphatic rings. The van der Waals surface area contributed by atoms with Crippen LogP contribution in [0.15, 0.2) is 42.6 Å². The molecule has 0 bridgehead atoms. The van der Waals surface area contributed by atoms with Crippen LogP contribution in [-0.2, 0) is 0 Å². The molecule has 4 nitrogen and oxygen atoms in total. The Kier molecular flexibility index (Phi) is 3.05. The van der Waals surface area contributed by atoms with Gasteiger partial charge < -0.3 is 10.5 Å². The van der Waals surface area contributed by atoms with Crippen molar-refractivity contribution in [1.82, 2.24) is 4.98 Å². The lowest BCUT2D eigenvalue weighted by Crippen LogP contribution is -2.13. The monoisotopic (exact) mass is 228 g/mol. The van der Waals surface area contributed by atoms with E-state index in [1.54, 1.807) is 12.3 Å². The van der Waals surface area contributed by atoms with E-state index in [-0.39, 0.29) is 0 Å². The van der Waals surface area contributed by atoms with Crippen LogP contribution in [-0.4, -0.2) is 18.0 Å². The van der Waals surface area contributed by atoms with Crippen LogP contribution in [0.5, 0.6) is 5.75 Å². The molecule has 0 saturated heterocycles. The number of methoxy groups -OCH3 is 1. The summed E-state index contributed by atoms with van der Waals surface area (Å²) in [7, 11) is 1.52. The molecule has 86 valence electrons. The van der Waals surface area contributed by atoms with Gasteiger partial charge in [-0.05, 0) is 6.07 Å². The summed E-state index contributed by atoms with van der Waals surface area (Å²) in [6, 6.07) is 11.0. The van der Waals surface area contributed by atoms with Crippen LogP contribution >= 0.6 is 0 Å². The number of pyridine rings is 1. The first kappa shape index (κ1) is 11.1. The Bertz CT molecular complexity index is 538. The molecule has 1 aromatic carbocycles. The molecule has 2 rings (SSSR count). The van der Waals surface area contributed by atoms with Crippen molar-refractivity contribution in [2.45, 2.75) is 0 Å². The van der Waals surface area contributed by atoms with Crippen molar-refractivity contribution in [3.05, 3.63) is 48.2 Å². The van der Waals surface area contributed by atoms with Crippen LogP contribution in [0.1, 0.15) is 10.4 Å². The number of primary amides is 1. The van der Waals surface area contributed by atoms with E-state index in [0.29, 0.717) is 17.0 Å². The molecular weight excluding hydrogens is 216 g/mol.